The molecule has 3 fully saturated rings. The maximum absolute atomic E-state index is 14.8. The fourth-order valence-electron chi connectivity index (χ4n) is 5.46. The lowest BCUT2D eigenvalue weighted by Gasteiger charge is -2.30. The molecule has 13 heteroatoms. The highest BCUT2D eigenvalue weighted by Crippen LogP contribution is 2.54. The summed E-state index contributed by atoms with van der Waals surface area (Å²) in [6.45, 7) is 1.92. The summed E-state index contributed by atoms with van der Waals surface area (Å²) >= 11 is 0. The van der Waals surface area contributed by atoms with Crippen molar-refractivity contribution in [1.29, 1.82) is 0 Å². The first-order valence-corrected chi connectivity index (χ1v) is 13.9. The van der Waals surface area contributed by atoms with E-state index < -0.39 is 57.1 Å². The van der Waals surface area contributed by atoms with Gasteiger partial charge in [0.15, 0.2) is 9.84 Å². The molecule has 4 unspecified atom stereocenters. The van der Waals surface area contributed by atoms with Crippen molar-refractivity contribution in [2.45, 2.75) is 55.4 Å². The molecule has 2 heterocycles. The Bertz CT molecular complexity index is 1430. The van der Waals surface area contributed by atoms with Crippen LogP contribution in [-0.4, -0.2) is 48.5 Å². The second-order valence-electron chi connectivity index (χ2n) is 10.3. The van der Waals surface area contributed by atoms with E-state index in [1.165, 1.54) is 17.2 Å². The SMILES string of the molecule is CC1C2C[C@H](C(=O)NC(c3cc(F)c(C(F)(F)F)cc3F)C3CC3)N(C(=O)c3cncc(S(C)(=O)=O)c3)C12. The molecule has 0 spiro atoms. The van der Waals surface area contributed by atoms with Gasteiger partial charge in [-0.1, -0.05) is 6.92 Å². The predicted molar refractivity (Wildman–Crippen MR) is 123 cm³/mol. The van der Waals surface area contributed by atoms with Crippen LogP contribution in [0.5, 0.6) is 0 Å². The molecule has 2 aliphatic carbocycles. The first-order chi connectivity index (χ1) is 17.7. The molecule has 2 saturated carbocycles. The molecule has 1 saturated heterocycles. The van der Waals surface area contributed by atoms with Crippen molar-refractivity contribution in [1.82, 2.24) is 15.2 Å². The Kier molecular flexibility index (Phi) is 6.27. The van der Waals surface area contributed by atoms with Gasteiger partial charge in [-0.05, 0) is 55.2 Å². The van der Waals surface area contributed by atoms with E-state index in [4.69, 9.17) is 0 Å². The number of hydrogen-bond acceptors (Lipinski definition) is 5. The lowest BCUT2D eigenvalue weighted by molar-refractivity contribution is -0.140. The second-order valence-corrected chi connectivity index (χ2v) is 12.3. The molecular weight excluding hydrogens is 533 g/mol. The number of rotatable bonds is 6. The fourth-order valence-corrected chi connectivity index (χ4v) is 6.05. The van der Waals surface area contributed by atoms with E-state index in [0.717, 1.165) is 12.5 Å². The number of nitrogens with one attached hydrogen (secondary N) is 1. The van der Waals surface area contributed by atoms with Crippen molar-refractivity contribution in [3.8, 4) is 0 Å². The van der Waals surface area contributed by atoms with Crippen LogP contribution in [0.15, 0.2) is 35.5 Å². The highest BCUT2D eigenvalue weighted by atomic mass is 32.2. The van der Waals surface area contributed by atoms with Crippen LogP contribution in [0.25, 0.3) is 0 Å². The van der Waals surface area contributed by atoms with Gasteiger partial charge in [-0.15, -0.1) is 0 Å². The Morgan fingerprint density at radius 1 is 1.11 bits per heavy atom. The van der Waals surface area contributed by atoms with Gasteiger partial charge < -0.3 is 10.2 Å². The van der Waals surface area contributed by atoms with Crippen LogP contribution in [0.3, 0.4) is 0 Å². The largest absolute Gasteiger partial charge is 0.419 e. The quantitative estimate of drug-likeness (QED) is 0.544. The number of benzene rings is 1. The monoisotopic (exact) mass is 557 g/mol. The minimum absolute atomic E-state index is 0.0138. The molecule has 2 aromatic rings. The second kappa shape index (κ2) is 8.99. The summed E-state index contributed by atoms with van der Waals surface area (Å²) in [6, 6.07) is -0.551. The molecule has 1 aromatic heterocycles. The zero-order valence-corrected chi connectivity index (χ0v) is 21.1. The Balaban J connectivity index is 1.42. The third-order valence-electron chi connectivity index (χ3n) is 7.71. The zero-order chi connectivity index (χ0) is 27.7. The minimum Gasteiger partial charge on any atom is -0.347 e. The number of carbonyl (C=O) groups is 2. The van der Waals surface area contributed by atoms with Gasteiger partial charge in [-0.25, -0.2) is 17.2 Å². The molecule has 1 aliphatic heterocycles. The first-order valence-electron chi connectivity index (χ1n) is 12.0. The summed E-state index contributed by atoms with van der Waals surface area (Å²) in [5, 5.41) is 2.66. The fraction of sp³-hybridized carbons (Fsp3) is 0.480. The van der Waals surface area contributed by atoms with Crippen LogP contribution in [0.4, 0.5) is 22.0 Å². The van der Waals surface area contributed by atoms with Crippen LogP contribution in [0, 0.1) is 29.4 Å². The van der Waals surface area contributed by atoms with Gasteiger partial charge in [-0.3, -0.25) is 14.6 Å². The molecule has 5 rings (SSSR count). The van der Waals surface area contributed by atoms with Crippen molar-refractivity contribution >= 4 is 21.7 Å². The minimum atomic E-state index is -5.08. The van der Waals surface area contributed by atoms with Crippen LogP contribution in [0.2, 0.25) is 0 Å². The normalized spacial score (nSPS) is 25.6. The summed E-state index contributed by atoms with van der Waals surface area (Å²) < 4.78 is 92.0. The molecular formula is C25H24F5N3O4S. The summed E-state index contributed by atoms with van der Waals surface area (Å²) in [5.41, 5.74) is -2.13. The van der Waals surface area contributed by atoms with Gasteiger partial charge in [0.2, 0.25) is 5.91 Å². The number of carbonyl (C=O) groups excluding carboxylic acids is 2. The Labute approximate surface area is 215 Å². The van der Waals surface area contributed by atoms with Crippen LogP contribution < -0.4 is 5.32 Å². The van der Waals surface area contributed by atoms with E-state index in [9.17, 15) is 40.0 Å². The van der Waals surface area contributed by atoms with Crippen molar-refractivity contribution < 1.29 is 40.0 Å². The molecule has 5 atom stereocenters. The lowest BCUT2D eigenvalue weighted by Crippen LogP contribution is -2.49. The number of fused-ring (bicyclic) bond motifs is 1. The van der Waals surface area contributed by atoms with Crippen molar-refractivity contribution in [2.75, 3.05) is 6.26 Å². The van der Waals surface area contributed by atoms with Gasteiger partial charge in [0.05, 0.1) is 22.1 Å². The Morgan fingerprint density at radius 3 is 2.39 bits per heavy atom. The predicted octanol–water partition coefficient (Wildman–Crippen LogP) is 3.90. The van der Waals surface area contributed by atoms with Crippen molar-refractivity contribution in [3.63, 3.8) is 0 Å². The summed E-state index contributed by atoms with van der Waals surface area (Å²) in [4.78, 5) is 31.9. The van der Waals surface area contributed by atoms with Crippen LogP contribution in [0.1, 0.15) is 53.7 Å². The number of hydrogen-bond donors (Lipinski definition) is 1. The summed E-state index contributed by atoms with van der Waals surface area (Å²) in [6.07, 6.45) is -0.346. The van der Waals surface area contributed by atoms with Gasteiger partial charge in [-0.2, -0.15) is 13.2 Å². The van der Waals surface area contributed by atoms with E-state index in [1.807, 2.05) is 6.92 Å². The number of alkyl halides is 3. The highest BCUT2D eigenvalue weighted by Gasteiger charge is 2.62. The molecule has 2 amide bonds. The van der Waals surface area contributed by atoms with E-state index in [1.54, 1.807) is 0 Å². The Morgan fingerprint density at radius 2 is 1.79 bits per heavy atom. The summed E-state index contributed by atoms with van der Waals surface area (Å²) in [5.74, 6) is -4.30. The number of sulfone groups is 1. The highest BCUT2D eigenvalue weighted by molar-refractivity contribution is 7.90. The van der Waals surface area contributed by atoms with E-state index in [0.29, 0.717) is 25.3 Å². The van der Waals surface area contributed by atoms with Crippen LogP contribution >= 0.6 is 0 Å². The smallest absolute Gasteiger partial charge is 0.347 e. The average molecular weight is 558 g/mol. The molecule has 1 N–H and O–H groups in total. The zero-order valence-electron chi connectivity index (χ0n) is 20.3. The molecule has 204 valence electrons. The summed E-state index contributed by atoms with van der Waals surface area (Å²) in [7, 11) is -3.64. The third-order valence-corrected chi connectivity index (χ3v) is 8.79. The number of piperidine rings is 1. The number of pyridine rings is 1. The lowest BCUT2D eigenvalue weighted by atomic mass is 9.98. The van der Waals surface area contributed by atoms with Gasteiger partial charge in [0.25, 0.3) is 5.91 Å². The number of nitrogens with zero attached hydrogens (tertiary/aromatic N) is 2. The maximum Gasteiger partial charge on any atom is 0.419 e. The molecule has 3 aliphatic rings. The molecule has 7 nitrogen and oxygen atoms in total. The van der Waals surface area contributed by atoms with E-state index >= 15 is 0 Å². The van der Waals surface area contributed by atoms with Crippen molar-refractivity contribution in [3.05, 3.63) is 58.9 Å². The van der Waals surface area contributed by atoms with Crippen molar-refractivity contribution in [2.24, 2.45) is 17.8 Å². The third kappa shape index (κ3) is 4.76. The number of likely N-dealkylation sites (tertiary alicyclic amines) is 1. The van der Waals surface area contributed by atoms with E-state index in [-0.39, 0.29) is 45.9 Å². The standard InChI is InChI=1S/C25H24F5N3O4S/c1-11-15-7-20(33(22(11)15)24(35)13-5-14(10-31-9-13)38(2,36)37)23(34)32-21(12-3-4-12)16-6-19(27)17(8-18(16)26)25(28,29)30/h5-6,8-12,15,20-22H,3-4,7H2,1-2H3,(H,32,34)/t11?,15?,20-,21?,22?/m1/s1. The molecule has 38 heavy (non-hydrogen) atoms. The first kappa shape index (κ1) is 26.5. The van der Waals surface area contributed by atoms with Gasteiger partial charge in [0.1, 0.15) is 17.7 Å². The Hall–Kier alpha value is -3.09. The number of halogens is 5. The van der Waals surface area contributed by atoms with Gasteiger partial charge in [0, 0.05) is 30.3 Å². The molecule has 0 bridgehead atoms. The maximum atomic E-state index is 14.8. The average Bonchev–Trinajstić information content (AvgIpc) is 3.74. The van der Waals surface area contributed by atoms with Gasteiger partial charge >= 0.3 is 6.18 Å². The van der Waals surface area contributed by atoms with E-state index in [2.05, 4.69) is 10.3 Å². The topological polar surface area (TPSA) is 96.4 Å². The number of amides is 2. The molecule has 1 aromatic carbocycles. The van der Waals surface area contributed by atoms with Crippen LogP contribution in [-0.2, 0) is 20.8 Å². The molecule has 0 radical (unpaired) electrons. The number of aromatic nitrogens is 1.